The van der Waals surface area contributed by atoms with Gasteiger partial charge in [0.1, 0.15) is 0 Å². The molecule has 194 valence electrons. The highest BCUT2D eigenvalue weighted by atomic mass is 16.5. The number of rotatable bonds is 8. The highest BCUT2D eigenvalue weighted by molar-refractivity contribution is 6.03. The van der Waals surface area contributed by atoms with Crippen LogP contribution in [0.1, 0.15) is 59.3 Å². The zero-order chi connectivity index (χ0) is 26.3. The highest BCUT2D eigenvalue weighted by Gasteiger charge is 2.74. The Morgan fingerprint density at radius 1 is 0.943 bits per heavy atom. The van der Waals surface area contributed by atoms with Crippen molar-refractivity contribution >= 4 is 35.6 Å². The van der Waals surface area contributed by atoms with Crippen molar-refractivity contribution in [2.45, 2.75) is 70.9 Å². The van der Waals surface area contributed by atoms with Gasteiger partial charge in [-0.05, 0) is 19.8 Å². The van der Waals surface area contributed by atoms with Gasteiger partial charge in [0.05, 0.1) is 44.7 Å². The maximum atomic E-state index is 13.7. The van der Waals surface area contributed by atoms with Crippen LogP contribution >= 0.6 is 0 Å². The van der Waals surface area contributed by atoms with Crippen LogP contribution in [0.15, 0.2) is 0 Å². The predicted octanol–water partition coefficient (Wildman–Crippen LogP) is 0.731. The van der Waals surface area contributed by atoms with E-state index in [-0.39, 0.29) is 44.4 Å². The van der Waals surface area contributed by atoms with Crippen LogP contribution in [-0.2, 0) is 43.0 Å². The Labute approximate surface area is 204 Å². The van der Waals surface area contributed by atoms with E-state index in [4.69, 9.17) is 14.2 Å². The van der Waals surface area contributed by atoms with Gasteiger partial charge in [0, 0.05) is 36.5 Å². The quantitative estimate of drug-likeness (QED) is 0.293. The smallest absolute Gasteiger partial charge is 0.305 e. The topological polar surface area (TPSA) is 145 Å². The van der Waals surface area contributed by atoms with Gasteiger partial charge in [-0.2, -0.15) is 0 Å². The summed E-state index contributed by atoms with van der Waals surface area (Å²) in [6.45, 7) is 5.24. The average Bonchev–Trinajstić information content (AvgIpc) is 3.15. The summed E-state index contributed by atoms with van der Waals surface area (Å²) in [7, 11) is 3.75. The first-order valence-electron chi connectivity index (χ1n) is 11.7. The number of fused-ring (bicyclic) bond motifs is 3. The summed E-state index contributed by atoms with van der Waals surface area (Å²) in [5, 5.41) is 3.03. The Balaban J connectivity index is 2.08. The highest BCUT2D eigenvalue weighted by Crippen LogP contribution is 2.61. The lowest BCUT2D eigenvalue weighted by molar-refractivity contribution is -0.158. The SMILES string of the molecule is COC(=O)CCC1C(=O)NC2(C)C3C(CC(=O)OC)C(C)(CCC(=O)OC)C(=O)N3C(=O)CC12C. The van der Waals surface area contributed by atoms with E-state index in [0.29, 0.717) is 0 Å². The molecule has 11 heteroatoms. The molecule has 3 fully saturated rings. The number of esters is 3. The van der Waals surface area contributed by atoms with Gasteiger partial charge in [0.2, 0.25) is 17.7 Å². The van der Waals surface area contributed by atoms with E-state index >= 15 is 0 Å². The van der Waals surface area contributed by atoms with Crippen molar-refractivity contribution in [3.05, 3.63) is 0 Å². The molecule has 3 amide bonds. The zero-order valence-corrected chi connectivity index (χ0v) is 21.1. The number of carbonyl (C=O) groups excluding carboxylic acids is 6. The van der Waals surface area contributed by atoms with Crippen LogP contribution in [-0.4, -0.2) is 73.4 Å². The van der Waals surface area contributed by atoms with E-state index < -0.39 is 64.0 Å². The fraction of sp³-hybridized carbons (Fsp3) is 0.750. The molecule has 3 heterocycles. The number of nitrogens with zero attached hydrogens (tertiary/aromatic N) is 1. The number of methoxy groups -OCH3 is 3. The van der Waals surface area contributed by atoms with Gasteiger partial charge in [0.25, 0.3) is 0 Å². The van der Waals surface area contributed by atoms with Gasteiger partial charge in [-0.3, -0.25) is 33.7 Å². The molecule has 3 aliphatic rings. The fourth-order valence-electron chi connectivity index (χ4n) is 6.44. The van der Waals surface area contributed by atoms with Crippen LogP contribution in [0.2, 0.25) is 0 Å². The molecular formula is C24H34N2O9. The Bertz CT molecular complexity index is 965. The first-order valence-corrected chi connectivity index (χ1v) is 11.7. The number of carbonyl (C=O) groups is 6. The van der Waals surface area contributed by atoms with E-state index in [1.807, 2.05) is 6.92 Å². The molecule has 35 heavy (non-hydrogen) atoms. The minimum absolute atomic E-state index is 0.00416. The van der Waals surface area contributed by atoms with E-state index in [9.17, 15) is 28.8 Å². The van der Waals surface area contributed by atoms with Gasteiger partial charge in [-0.1, -0.05) is 13.8 Å². The number of nitrogens with one attached hydrogen (secondary N) is 1. The van der Waals surface area contributed by atoms with Crippen LogP contribution in [0, 0.1) is 22.7 Å². The molecule has 6 atom stereocenters. The lowest BCUT2D eigenvalue weighted by Crippen LogP contribution is -2.69. The summed E-state index contributed by atoms with van der Waals surface area (Å²) in [4.78, 5) is 77.7. The summed E-state index contributed by atoms with van der Waals surface area (Å²) in [5.74, 6) is -4.19. The largest absolute Gasteiger partial charge is 0.469 e. The average molecular weight is 495 g/mol. The molecule has 0 aromatic heterocycles. The molecule has 11 nitrogen and oxygen atoms in total. The molecule has 0 aliphatic carbocycles. The standard InChI is InChI=1S/C24H34N2O9/c1-22(10-9-17(29)34-5)14(11-18(30)35-6)19-24(3)23(2,12-15(27)26(19)21(22)32)13(20(31)25-24)7-8-16(28)33-4/h13-14,19H,7-12H2,1-6H3,(H,25,31). The lowest BCUT2D eigenvalue weighted by Gasteiger charge is -2.54. The van der Waals surface area contributed by atoms with Crippen LogP contribution in [0.25, 0.3) is 0 Å². The lowest BCUT2D eigenvalue weighted by atomic mass is 9.56. The Hall–Kier alpha value is -2.98. The molecular weight excluding hydrogens is 460 g/mol. The van der Waals surface area contributed by atoms with Gasteiger partial charge in [-0.25, -0.2) is 0 Å². The Kier molecular flexibility index (Phi) is 7.02. The molecule has 0 radical (unpaired) electrons. The van der Waals surface area contributed by atoms with E-state index in [1.54, 1.807) is 13.8 Å². The monoisotopic (exact) mass is 494 g/mol. The number of amides is 3. The number of hydrogen-bond acceptors (Lipinski definition) is 9. The van der Waals surface area contributed by atoms with Crippen molar-refractivity contribution in [3.63, 3.8) is 0 Å². The van der Waals surface area contributed by atoms with Gasteiger partial charge < -0.3 is 19.5 Å². The fourth-order valence-corrected chi connectivity index (χ4v) is 6.44. The third-order valence-electron chi connectivity index (χ3n) is 8.77. The van der Waals surface area contributed by atoms with Crippen molar-refractivity contribution in [2.24, 2.45) is 22.7 Å². The van der Waals surface area contributed by atoms with Crippen LogP contribution < -0.4 is 5.32 Å². The molecule has 0 saturated carbocycles. The van der Waals surface area contributed by atoms with Crippen LogP contribution in [0.5, 0.6) is 0 Å². The normalized spacial score (nSPS) is 35.8. The number of hydrogen-bond donors (Lipinski definition) is 1. The van der Waals surface area contributed by atoms with Crippen molar-refractivity contribution in [1.82, 2.24) is 10.2 Å². The van der Waals surface area contributed by atoms with Crippen molar-refractivity contribution in [2.75, 3.05) is 21.3 Å². The minimum Gasteiger partial charge on any atom is -0.469 e. The maximum absolute atomic E-state index is 13.7. The molecule has 0 bridgehead atoms. The Morgan fingerprint density at radius 3 is 2.09 bits per heavy atom. The van der Waals surface area contributed by atoms with Crippen LogP contribution in [0.3, 0.4) is 0 Å². The van der Waals surface area contributed by atoms with Crippen LogP contribution in [0.4, 0.5) is 0 Å². The first-order chi connectivity index (χ1) is 16.3. The summed E-state index contributed by atoms with van der Waals surface area (Å²) in [5.41, 5.74) is -3.25. The number of imide groups is 1. The van der Waals surface area contributed by atoms with Crippen molar-refractivity contribution < 1.29 is 43.0 Å². The maximum Gasteiger partial charge on any atom is 0.305 e. The second-order valence-corrected chi connectivity index (χ2v) is 10.3. The molecule has 1 N–H and O–H groups in total. The predicted molar refractivity (Wildman–Crippen MR) is 119 cm³/mol. The molecule has 0 aromatic rings. The van der Waals surface area contributed by atoms with E-state index in [1.165, 1.54) is 26.2 Å². The van der Waals surface area contributed by atoms with E-state index in [0.717, 1.165) is 0 Å². The second kappa shape index (κ2) is 9.23. The summed E-state index contributed by atoms with van der Waals surface area (Å²) < 4.78 is 14.4. The zero-order valence-electron chi connectivity index (χ0n) is 21.1. The molecule has 0 aromatic carbocycles. The third kappa shape index (κ3) is 3.98. The third-order valence-corrected chi connectivity index (χ3v) is 8.77. The summed E-state index contributed by atoms with van der Waals surface area (Å²) >= 11 is 0. The molecule has 0 spiro atoms. The summed E-state index contributed by atoms with van der Waals surface area (Å²) in [6.07, 6.45) is -0.0959. The van der Waals surface area contributed by atoms with Crippen molar-refractivity contribution in [1.29, 1.82) is 0 Å². The van der Waals surface area contributed by atoms with E-state index in [2.05, 4.69) is 5.32 Å². The minimum atomic E-state index is -1.24. The molecule has 3 rings (SSSR count). The second-order valence-electron chi connectivity index (χ2n) is 10.3. The number of ether oxygens (including phenoxy) is 3. The molecule has 3 aliphatic heterocycles. The van der Waals surface area contributed by atoms with Gasteiger partial charge >= 0.3 is 17.9 Å². The first kappa shape index (κ1) is 26.6. The van der Waals surface area contributed by atoms with Crippen molar-refractivity contribution in [3.8, 4) is 0 Å². The summed E-state index contributed by atoms with van der Waals surface area (Å²) in [6, 6.07) is -0.838. The molecule has 6 unspecified atom stereocenters. The Morgan fingerprint density at radius 2 is 1.51 bits per heavy atom. The molecule has 3 saturated heterocycles. The van der Waals surface area contributed by atoms with Gasteiger partial charge in [-0.15, -0.1) is 0 Å². The number of piperidine rings is 1. The van der Waals surface area contributed by atoms with Gasteiger partial charge in [0.15, 0.2) is 0 Å².